The van der Waals surface area contributed by atoms with Crippen molar-refractivity contribution in [2.45, 2.75) is 30.7 Å². The minimum Gasteiger partial charge on any atom is -0.354 e. The number of fused-ring (bicyclic) bond motifs is 1. The molecule has 0 spiro atoms. The zero-order chi connectivity index (χ0) is 21.7. The first kappa shape index (κ1) is 22.0. The molecule has 8 heteroatoms. The van der Waals surface area contributed by atoms with Crippen LogP contribution in [0.1, 0.15) is 36.1 Å². The number of hydrogen-bond donors (Lipinski definition) is 2. The second kappa shape index (κ2) is 9.40. The zero-order valence-corrected chi connectivity index (χ0v) is 18.4. The fourth-order valence-electron chi connectivity index (χ4n) is 3.39. The number of nitrogens with zero attached hydrogens (tertiary/aromatic N) is 2. The van der Waals surface area contributed by atoms with Crippen LogP contribution in [-0.4, -0.2) is 52.2 Å². The van der Waals surface area contributed by atoms with Gasteiger partial charge in [-0.25, -0.2) is 8.42 Å². The highest BCUT2D eigenvalue weighted by atomic mass is 32.2. The van der Waals surface area contributed by atoms with Gasteiger partial charge in [0.25, 0.3) is 10.0 Å². The van der Waals surface area contributed by atoms with E-state index in [0.717, 1.165) is 12.0 Å². The Morgan fingerprint density at radius 3 is 2.50 bits per heavy atom. The van der Waals surface area contributed by atoms with Crippen LogP contribution >= 0.6 is 0 Å². The van der Waals surface area contributed by atoms with Crippen molar-refractivity contribution in [3.63, 3.8) is 0 Å². The molecule has 2 aromatic carbocycles. The highest BCUT2D eigenvalue weighted by molar-refractivity contribution is 7.90. The Morgan fingerprint density at radius 1 is 1.13 bits per heavy atom. The van der Waals surface area contributed by atoms with Gasteiger partial charge in [0.15, 0.2) is 0 Å². The maximum atomic E-state index is 12.3. The monoisotopic (exact) mass is 428 g/mol. The summed E-state index contributed by atoms with van der Waals surface area (Å²) in [6, 6.07) is 15.2. The molecule has 2 N–H and O–H groups in total. The number of likely N-dealkylation sites (N-methyl/N-ethyl adjacent to an activating group) is 1. The van der Waals surface area contributed by atoms with Gasteiger partial charge in [-0.05, 0) is 43.8 Å². The number of carbonyl (C=O) groups excluding carboxylic acids is 1. The van der Waals surface area contributed by atoms with Crippen LogP contribution in [0.4, 0.5) is 0 Å². The lowest BCUT2D eigenvalue weighted by molar-refractivity contribution is -0.121. The predicted molar refractivity (Wildman–Crippen MR) is 118 cm³/mol. The number of amides is 1. The molecule has 0 unspecified atom stereocenters. The quantitative estimate of drug-likeness (QED) is 0.674. The molecule has 1 aliphatic rings. The standard InChI is InChI=1S/C22H28N4O3S/c1-4-16-9-11-17(12-10-16)19(26(2)3)15-24-21(27)13-14-23-22-18-7-5-6-8-20(18)30(28,29)25-22/h5-12,19H,4,13-15H2,1-3H3,(H,23,25)(H,24,27)/t19-/m0/s1. The predicted octanol–water partition coefficient (Wildman–Crippen LogP) is 2.10. The SMILES string of the molecule is CCc1ccc([C@H](CNC(=O)CCN=C2NS(=O)(=O)c3ccccc32)N(C)C)cc1. The number of aryl methyl sites for hydroxylation is 1. The minimum absolute atomic E-state index is 0.0692. The van der Waals surface area contributed by atoms with E-state index in [1.807, 2.05) is 14.1 Å². The Morgan fingerprint density at radius 2 is 1.83 bits per heavy atom. The van der Waals surface area contributed by atoms with Gasteiger partial charge in [-0.15, -0.1) is 0 Å². The smallest absolute Gasteiger partial charge is 0.263 e. The number of carbonyl (C=O) groups is 1. The van der Waals surface area contributed by atoms with E-state index >= 15 is 0 Å². The third-order valence-electron chi connectivity index (χ3n) is 5.16. The average Bonchev–Trinajstić information content (AvgIpc) is 2.99. The molecule has 0 bridgehead atoms. The second-order valence-corrected chi connectivity index (χ2v) is 9.11. The molecule has 0 fully saturated rings. The summed E-state index contributed by atoms with van der Waals surface area (Å²) >= 11 is 0. The van der Waals surface area contributed by atoms with Crippen molar-refractivity contribution in [1.82, 2.24) is 14.9 Å². The van der Waals surface area contributed by atoms with Crippen LogP contribution in [0.15, 0.2) is 58.4 Å². The van der Waals surface area contributed by atoms with Crippen LogP contribution in [-0.2, 0) is 21.2 Å². The summed E-state index contributed by atoms with van der Waals surface area (Å²) in [5.41, 5.74) is 2.97. The highest BCUT2D eigenvalue weighted by Gasteiger charge is 2.29. The average molecular weight is 429 g/mol. The van der Waals surface area contributed by atoms with Crippen molar-refractivity contribution in [3.05, 3.63) is 65.2 Å². The van der Waals surface area contributed by atoms with Gasteiger partial charge in [0.1, 0.15) is 5.84 Å². The van der Waals surface area contributed by atoms with Gasteiger partial charge in [-0.3, -0.25) is 14.5 Å². The fraction of sp³-hybridized carbons (Fsp3) is 0.364. The number of sulfonamides is 1. The topological polar surface area (TPSA) is 90.9 Å². The third kappa shape index (κ3) is 5.06. The van der Waals surface area contributed by atoms with E-state index in [0.29, 0.717) is 17.9 Å². The Balaban J connectivity index is 1.56. The first-order valence-corrected chi connectivity index (χ1v) is 11.5. The summed E-state index contributed by atoms with van der Waals surface area (Å²) in [4.78, 5) is 18.9. The molecule has 160 valence electrons. The lowest BCUT2D eigenvalue weighted by Crippen LogP contribution is -2.34. The zero-order valence-electron chi connectivity index (χ0n) is 17.6. The van der Waals surface area contributed by atoms with E-state index < -0.39 is 10.0 Å². The summed E-state index contributed by atoms with van der Waals surface area (Å²) in [5.74, 6) is 0.172. The minimum atomic E-state index is -3.56. The van der Waals surface area contributed by atoms with E-state index in [4.69, 9.17) is 0 Å². The van der Waals surface area contributed by atoms with Crippen LogP contribution < -0.4 is 10.0 Å². The first-order valence-electron chi connectivity index (χ1n) is 10.0. The van der Waals surface area contributed by atoms with E-state index in [2.05, 4.69) is 51.1 Å². The van der Waals surface area contributed by atoms with E-state index in [1.54, 1.807) is 24.3 Å². The number of benzene rings is 2. The van der Waals surface area contributed by atoms with Crippen molar-refractivity contribution >= 4 is 21.8 Å². The molecule has 0 radical (unpaired) electrons. The van der Waals surface area contributed by atoms with Crippen LogP contribution in [0.25, 0.3) is 0 Å². The molecule has 0 saturated heterocycles. The number of amidine groups is 1. The maximum absolute atomic E-state index is 12.3. The summed E-state index contributed by atoms with van der Waals surface area (Å²) in [6.45, 7) is 2.82. The van der Waals surface area contributed by atoms with Gasteiger partial charge in [0.2, 0.25) is 5.91 Å². The molecular weight excluding hydrogens is 400 g/mol. The fourth-order valence-corrected chi connectivity index (χ4v) is 4.64. The molecule has 30 heavy (non-hydrogen) atoms. The molecule has 3 rings (SSSR count). The van der Waals surface area contributed by atoms with E-state index in [9.17, 15) is 13.2 Å². The van der Waals surface area contributed by atoms with Gasteiger partial charge in [0.05, 0.1) is 17.5 Å². The van der Waals surface area contributed by atoms with Gasteiger partial charge < -0.3 is 10.2 Å². The molecular formula is C22H28N4O3S. The van der Waals surface area contributed by atoms with Crippen LogP contribution in [0, 0.1) is 0 Å². The van der Waals surface area contributed by atoms with Gasteiger partial charge in [-0.1, -0.05) is 43.3 Å². The molecule has 1 aliphatic heterocycles. The molecule has 7 nitrogen and oxygen atoms in total. The van der Waals surface area contributed by atoms with Crippen molar-refractivity contribution in [1.29, 1.82) is 0 Å². The summed E-state index contributed by atoms with van der Waals surface area (Å²) < 4.78 is 26.7. The third-order valence-corrected chi connectivity index (χ3v) is 6.56. The molecule has 2 aromatic rings. The summed E-state index contributed by atoms with van der Waals surface area (Å²) in [6.07, 6.45) is 1.18. The van der Waals surface area contributed by atoms with Crippen LogP contribution in [0.5, 0.6) is 0 Å². The maximum Gasteiger partial charge on any atom is 0.263 e. The molecule has 0 aromatic heterocycles. The van der Waals surface area contributed by atoms with Crippen LogP contribution in [0.2, 0.25) is 0 Å². The number of aliphatic imine (C=N–C) groups is 1. The number of nitrogens with one attached hydrogen (secondary N) is 2. The lowest BCUT2D eigenvalue weighted by Gasteiger charge is -2.25. The summed E-state index contributed by atoms with van der Waals surface area (Å²) in [7, 11) is 0.414. The highest BCUT2D eigenvalue weighted by Crippen LogP contribution is 2.22. The molecule has 1 heterocycles. The molecule has 0 saturated carbocycles. The van der Waals surface area contributed by atoms with Crippen molar-refractivity contribution < 1.29 is 13.2 Å². The van der Waals surface area contributed by atoms with Gasteiger partial charge >= 0.3 is 0 Å². The van der Waals surface area contributed by atoms with Crippen molar-refractivity contribution in [2.75, 3.05) is 27.2 Å². The first-order chi connectivity index (χ1) is 14.3. The van der Waals surface area contributed by atoms with Gasteiger partial charge in [-0.2, -0.15) is 0 Å². The number of hydrogen-bond acceptors (Lipinski definition) is 5. The Hall–Kier alpha value is -2.71. The van der Waals surface area contributed by atoms with Crippen molar-refractivity contribution in [3.8, 4) is 0 Å². The van der Waals surface area contributed by atoms with E-state index in [1.165, 1.54) is 5.56 Å². The Labute approximate surface area is 178 Å². The molecule has 1 atom stereocenters. The molecule has 0 aliphatic carbocycles. The van der Waals surface area contributed by atoms with Crippen LogP contribution in [0.3, 0.4) is 0 Å². The van der Waals surface area contributed by atoms with Gasteiger partial charge in [0, 0.05) is 18.5 Å². The summed E-state index contributed by atoms with van der Waals surface area (Å²) in [5, 5.41) is 2.96. The molecule has 1 amide bonds. The normalized spacial score (nSPS) is 16.9. The Bertz CT molecular complexity index is 1030. The number of rotatable bonds is 8. The van der Waals surface area contributed by atoms with Crippen molar-refractivity contribution in [2.24, 2.45) is 4.99 Å². The largest absolute Gasteiger partial charge is 0.354 e. The second-order valence-electron chi connectivity index (χ2n) is 7.46. The lowest BCUT2D eigenvalue weighted by atomic mass is 10.0. The van der Waals surface area contributed by atoms with E-state index in [-0.39, 0.29) is 29.8 Å². The Kier molecular flexibility index (Phi) is 6.89.